The van der Waals surface area contributed by atoms with Crippen molar-refractivity contribution in [3.63, 3.8) is 0 Å². The molecular weight excluding hydrogens is 450 g/mol. The minimum Gasteiger partial charge on any atom is -0.357 e. The first-order valence-corrected chi connectivity index (χ1v) is 9.79. The van der Waals surface area contributed by atoms with Crippen LogP contribution in [-0.2, 0) is 6.54 Å². The highest BCUT2D eigenvalue weighted by atomic mass is 127. The molecule has 1 aromatic rings. The molecule has 1 aliphatic rings. The Bertz CT molecular complexity index is 506. The second-order valence-corrected chi connectivity index (χ2v) is 7.55. The van der Waals surface area contributed by atoms with Crippen molar-refractivity contribution < 1.29 is 4.39 Å². The second-order valence-electron chi connectivity index (χ2n) is 6.15. The van der Waals surface area contributed by atoms with Gasteiger partial charge in [-0.2, -0.15) is 11.8 Å². The van der Waals surface area contributed by atoms with Gasteiger partial charge in [0.2, 0.25) is 0 Å². The van der Waals surface area contributed by atoms with E-state index in [1.54, 1.807) is 0 Å². The monoisotopic (exact) mass is 480 g/mol. The van der Waals surface area contributed by atoms with E-state index in [0.717, 1.165) is 44.2 Å². The minimum absolute atomic E-state index is 0. The number of likely N-dealkylation sites (N-methyl/N-ethyl adjacent to an activating group) is 1. The Labute approximate surface area is 172 Å². The normalized spacial score (nSPS) is 17.4. The Balaban J connectivity index is 0.00000312. The lowest BCUT2D eigenvalue weighted by atomic mass is 10.2. The summed E-state index contributed by atoms with van der Waals surface area (Å²) in [6, 6.07) is 6.70. The van der Waals surface area contributed by atoms with Gasteiger partial charge >= 0.3 is 0 Å². The number of aliphatic imine (C=N–C) groups is 1. The lowest BCUT2D eigenvalue weighted by Gasteiger charge is -2.18. The lowest BCUT2D eigenvalue weighted by molar-refractivity contribution is 0.331. The number of hydrogen-bond acceptors (Lipinski definition) is 3. The molecule has 0 aliphatic carbocycles. The van der Waals surface area contributed by atoms with Crippen molar-refractivity contribution in [2.75, 3.05) is 39.0 Å². The maximum atomic E-state index is 12.9. The van der Waals surface area contributed by atoms with Gasteiger partial charge in [0.25, 0.3) is 0 Å². The smallest absolute Gasteiger partial charge is 0.191 e. The van der Waals surface area contributed by atoms with Crippen LogP contribution in [0.5, 0.6) is 0 Å². The Morgan fingerprint density at radius 3 is 2.72 bits per heavy atom. The highest BCUT2D eigenvalue weighted by Crippen LogP contribution is 2.25. The molecular formula is C18H30FIN4S. The molecule has 1 fully saturated rings. The van der Waals surface area contributed by atoms with Crippen molar-refractivity contribution in [3.8, 4) is 0 Å². The molecule has 0 aromatic heterocycles. The molecule has 4 nitrogen and oxygen atoms in total. The summed E-state index contributed by atoms with van der Waals surface area (Å²) < 4.78 is 12.9. The SMILES string of the molecule is CCNC(=NCC1CCCS1)NCCN(C)Cc1ccc(F)cc1.I. The van der Waals surface area contributed by atoms with Crippen LogP contribution in [0.25, 0.3) is 0 Å². The Kier molecular flexibility index (Phi) is 11.5. The molecule has 1 atom stereocenters. The fraction of sp³-hybridized carbons (Fsp3) is 0.611. The number of nitrogens with zero attached hydrogens (tertiary/aromatic N) is 2. The highest BCUT2D eigenvalue weighted by Gasteiger charge is 2.14. The highest BCUT2D eigenvalue weighted by molar-refractivity contribution is 14.0. The van der Waals surface area contributed by atoms with E-state index in [0.29, 0.717) is 5.25 Å². The number of rotatable bonds is 8. The van der Waals surface area contributed by atoms with Crippen LogP contribution in [-0.4, -0.2) is 55.1 Å². The second kappa shape index (κ2) is 12.8. The zero-order valence-electron chi connectivity index (χ0n) is 15.1. The van der Waals surface area contributed by atoms with E-state index in [1.807, 2.05) is 23.9 Å². The molecule has 1 aromatic carbocycles. The van der Waals surface area contributed by atoms with Gasteiger partial charge < -0.3 is 15.5 Å². The van der Waals surface area contributed by atoms with Gasteiger partial charge in [-0.25, -0.2) is 4.39 Å². The Morgan fingerprint density at radius 2 is 2.08 bits per heavy atom. The molecule has 2 rings (SSSR count). The maximum absolute atomic E-state index is 12.9. The summed E-state index contributed by atoms with van der Waals surface area (Å²) in [4.78, 5) is 6.92. The van der Waals surface area contributed by atoms with Crippen molar-refractivity contribution in [2.45, 2.75) is 31.6 Å². The van der Waals surface area contributed by atoms with Crippen LogP contribution in [0.2, 0.25) is 0 Å². The summed E-state index contributed by atoms with van der Waals surface area (Å²) in [5.74, 6) is 1.99. The van der Waals surface area contributed by atoms with Gasteiger partial charge in [-0.1, -0.05) is 12.1 Å². The maximum Gasteiger partial charge on any atom is 0.191 e. The molecule has 142 valence electrons. The van der Waals surface area contributed by atoms with Crippen LogP contribution in [0.15, 0.2) is 29.3 Å². The number of nitrogens with one attached hydrogen (secondary N) is 2. The van der Waals surface area contributed by atoms with E-state index in [1.165, 1.54) is 30.7 Å². The first-order chi connectivity index (χ1) is 11.7. The first kappa shape index (κ1) is 22.5. The summed E-state index contributed by atoms with van der Waals surface area (Å²) in [5, 5.41) is 7.39. The van der Waals surface area contributed by atoms with Crippen LogP contribution in [0.4, 0.5) is 4.39 Å². The van der Waals surface area contributed by atoms with E-state index in [4.69, 9.17) is 4.99 Å². The van der Waals surface area contributed by atoms with Gasteiger partial charge in [0.1, 0.15) is 5.82 Å². The van der Waals surface area contributed by atoms with Crippen LogP contribution < -0.4 is 10.6 Å². The largest absolute Gasteiger partial charge is 0.357 e. The third kappa shape index (κ3) is 9.10. The average molecular weight is 480 g/mol. The number of guanidine groups is 1. The van der Waals surface area contributed by atoms with Crippen molar-refractivity contribution in [1.29, 1.82) is 0 Å². The molecule has 0 spiro atoms. The molecule has 1 saturated heterocycles. The van der Waals surface area contributed by atoms with Gasteiger partial charge in [-0.3, -0.25) is 4.99 Å². The van der Waals surface area contributed by atoms with Crippen LogP contribution in [0, 0.1) is 5.82 Å². The van der Waals surface area contributed by atoms with Crippen molar-refractivity contribution in [3.05, 3.63) is 35.6 Å². The molecule has 0 bridgehead atoms. The topological polar surface area (TPSA) is 39.7 Å². The van der Waals surface area contributed by atoms with Gasteiger partial charge in [0.15, 0.2) is 5.96 Å². The number of halogens is 2. The first-order valence-electron chi connectivity index (χ1n) is 8.74. The number of hydrogen-bond donors (Lipinski definition) is 2. The van der Waals surface area contributed by atoms with Crippen molar-refractivity contribution in [1.82, 2.24) is 15.5 Å². The molecule has 0 radical (unpaired) electrons. The van der Waals surface area contributed by atoms with E-state index < -0.39 is 0 Å². The zero-order chi connectivity index (χ0) is 17.2. The van der Waals surface area contributed by atoms with E-state index >= 15 is 0 Å². The van der Waals surface area contributed by atoms with Gasteiger partial charge in [0, 0.05) is 31.4 Å². The minimum atomic E-state index is -0.185. The van der Waals surface area contributed by atoms with Gasteiger partial charge in [-0.05, 0) is 50.3 Å². The summed E-state index contributed by atoms with van der Waals surface area (Å²) in [5.41, 5.74) is 1.12. The van der Waals surface area contributed by atoms with Crippen molar-refractivity contribution >= 4 is 41.7 Å². The van der Waals surface area contributed by atoms with E-state index in [-0.39, 0.29) is 29.8 Å². The summed E-state index contributed by atoms with van der Waals surface area (Å²) in [6.07, 6.45) is 2.61. The zero-order valence-corrected chi connectivity index (χ0v) is 18.3. The van der Waals surface area contributed by atoms with Crippen LogP contribution in [0.1, 0.15) is 25.3 Å². The fourth-order valence-corrected chi connectivity index (χ4v) is 3.85. The van der Waals surface area contributed by atoms with Gasteiger partial charge in [0.05, 0.1) is 6.54 Å². The molecule has 0 saturated carbocycles. The third-order valence-electron chi connectivity index (χ3n) is 3.97. The molecule has 7 heteroatoms. The molecule has 2 N–H and O–H groups in total. The number of benzene rings is 1. The van der Waals surface area contributed by atoms with Crippen LogP contribution in [0.3, 0.4) is 0 Å². The van der Waals surface area contributed by atoms with Crippen molar-refractivity contribution in [2.24, 2.45) is 4.99 Å². The van der Waals surface area contributed by atoms with E-state index in [2.05, 4.69) is 29.5 Å². The molecule has 25 heavy (non-hydrogen) atoms. The number of thioether (sulfide) groups is 1. The summed E-state index contributed by atoms with van der Waals surface area (Å²) >= 11 is 2.04. The van der Waals surface area contributed by atoms with Crippen LogP contribution >= 0.6 is 35.7 Å². The molecule has 1 aliphatic heterocycles. The molecule has 1 heterocycles. The quantitative estimate of drug-likeness (QED) is 0.340. The average Bonchev–Trinajstić information content (AvgIpc) is 3.08. The predicted molar refractivity (Wildman–Crippen MR) is 118 cm³/mol. The third-order valence-corrected chi connectivity index (χ3v) is 5.35. The molecule has 0 amide bonds. The predicted octanol–water partition coefficient (Wildman–Crippen LogP) is 3.33. The lowest BCUT2D eigenvalue weighted by Crippen LogP contribution is -2.41. The molecule has 1 unspecified atom stereocenters. The van der Waals surface area contributed by atoms with Gasteiger partial charge in [-0.15, -0.1) is 24.0 Å². The summed E-state index contributed by atoms with van der Waals surface area (Å²) in [7, 11) is 2.07. The standard InChI is InChI=1S/C18H29FN4S.HI/c1-3-20-18(22-13-17-5-4-12-24-17)21-10-11-23(2)14-15-6-8-16(19)9-7-15;/h6-9,17H,3-5,10-14H2,1-2H3,(H2,20,21,22);1H. The summed E-state index contributed by atoms with van der Waals surface area (Å²) in [6.45, 7) is 6.40. The van der Waals surface area contributed by atoms with E-state index in [9.17, 15) is 4.39 Å². The Hall–Kier alpha value is -0.540. The Morgan fingerprint density at radius 1 is 1.32 bits per heavy atom. The fourth-order valence-electron chi connectivity index (χ4n) is 2.67.